The van der Waals surface area contributed by atoms with E-state index >= 15 is 0 Å². The Morgan fingerprint density at radius 3 is 2.64 bits per heavy atom. The van der Waals surface area contributed by atoms with Crippen molar-refractivity contribution in [2.75, 3.05) is 10.6 Å². The van der Waals surface area contributed by atoms with Gasteiger partial charge in [0.15, 0.2) is 0 Å². The molecule has 0 saturated heterocycles. The fourth-order valence-electron chi connectivity index (χ4n) is 5.52. The Balaban J connectivity index is 1.31. The number of nitriles is 1. The SMILES string of the molecule is CCC(Nc1c(C#N)cnc2c(Br)cc(NC(c3cccc(-c4ncco4)c3)c3cn(C4CC4)nn3)cc12)c1ccccc1. The van der Waals surface area contributed by atoms with Gasteiger partial charge in [0, 0.05) is 27.3 Å². The molecule has 218 valence electrons. The molecule has 7 rings (SSSR count). The average molecular weight is 646 g/mol. The summed E-state index contributed by atoms with van der Waals surface area (Å²) in [6.07, 6.45) is 9.94. The lowest BCUT2D eigenvalue weighted by Crippen LogP contribution is -2.14. The molecular formula is C34H29BrN8O. The largest absolute Gasteiger partial charge is 0.445 e. The Morgan fingerprint density at radius 1 is 1.05 bits per heavy atom. The van der Waals surface area contributed by atoms with Gasteiger partial charge in [-0.2, -0.15) is 5.26 Å². The molecule has 1 fully saturated rings. The van der Waals surface area contributed by atoms with E-state index in [1.54, 1.807) is 18.7 Å². The number of aromatic nitrogens is 5. The molecule has 6 aromatic rings. The first-order chi connectivity index (χ1) is 21.6. The molecule has 0 spiro atoms. The van der Waals surface area contributed by atoms with E-state index in [1.165, 1.54) is 0 Å². The smallest absolute Gasteiger partial charge is 0.225 e. The van der Waals surface area contributed by atoms with Gasteiger partial charge in [-0.15, -0.1) is 5.10 Å². The van der Waals surface area contributed by atoms with Crippen LogP contribution in [-0.2, 0) is 0 Å². The second-order valence-corrected chi connectivity index (χ2v) is 11.8. The molecule has 2 N–H and O–H groups in total. The van der Waals surface area contributed by atoms with Gasteiger partial charge in [0.25, 0.3) is 0 Å². The van der Waals surface area contributed by atoms with Crippen LogP contribution in [0, 0.1) is 11.3 Å². The maximum atomic E-state index is 10.1. The van der Waals surface area contributed by atoms with E-state index in [1.807, 2.05) is 53.3 Å². The van der Waals surface area contributed by atoms with Gasteiger partial charge >= 0.3 is 0 Å². The lowest BCUT2D eigenvalue weighted by Gasteiger charge is -2.23. The van der Waals surface area contributed by atoms with Crippen molar-refractivity contribution in [3.8, 4) is 17.5 Å². The highest BCUT2D eigenvalue weighted by Gasteiger charge is 2.27. The monoisotopic (exact) mass is 644 g/mol. The average Bonchev–Trinajstić information content (AvgIpc) is 3.53. The Kier molecular flexibility index (Phi) is 7.54. The lowest BCUT2D eigenvalue weighted by atomic mass is 10.00. The zero-order valence-electron chi connectivity index (χ0n) is 24.0. The summed E-state index contributed by atoms with van der Waals surface area (Å²) >= 11 is 3.76. The van der Waals surface area contributed by atoms with Crippen LogP contribution in [0.2, 0.25) is 0 Å². The van der Waals surface area contributed by atoms with E-state index < -0.39 is 0 Å². The lowest BCUT2D eigenvalue weighted by molar-refractivity contribution is 0.574. The minimum Gasteiger partial charge on any atom is -0.445 e. The number of rotatable bonds is 10. The Bertz CT molecular complexity index is 1960. The first-order valence-electron chi connectivity index (χ1n) is 14.6. The van der Waals surface area contributed by atoms with Crippen molar-refractivity contribution in [1.29, 1.82) is 5.26 Å². The van der Waals surface area contributed by atoms with E-state index in [2.05, 4.69) is 84.1 Å². The summed E-state index contributed by atoms with van der Waals surface area (Å²) in [7, 11) is 0. The van der Waals surface area contributed by atoms with Gasteiger partial charge in [-0.3, -0.25) is 4.98 Å². The van der Waals surface area contributed by atoms with Crippen molar-refractivity contribution >= 4 is 38.2 Å². The first-order valence-corrected chi connectivity index (χ1v) is 15.4. The van der Waals surface area contributed by atoms with Crippen molar-refractivity contribution in [3.63, 3.8) is 0 Å². The van der Waals surface area contributed by atoms with Gasteiger partial charge in [0.05, 0.1) is 47.3 Å². The predicted octanol–water partition coefficient (Wildman–Crippen LogP) is 8.22. The molecule has 2 atom stereocenters. The van der Waals surface area contributed by atoms with E-state index in [0.29, 0.717) is 17.5 Å². The van der Waals surface area contributed by atoms with Gasteiger partial charge in [-0.25, -0.2) is 9.67 Å². The third-order valence-electron chi connectivity index (χ3n) is 7.93. The number of oxazole rings is 1. The van der Waals surface area contributed by atoms with Crippen LogP contribution in [0.4, 0.5) is 11.4 Å². The predicted molar refractivity (Wildman–Crippen MR) is 173 cm³/mol. The Hall–Kier alpha value is -5.01. The van der Waals surface area contributed by atoms with Crippen LogP contribution in [0.1, 0.15) is 66.7 Å². The van der Waals surface area contributed by atoms with Crippen molar-refractivity contribution in [2.24, 2.45) is 0 Å². The highest BCUT2D eigenvalue weighted by molar-refractivity contribution is 9.10. The molecule has 1 saturated carbocycles. The summed E-state index contributed by atoms with van der Waals surface area (Å²) in [5.74, 6) is 0.551. The molecule has 44 heavy (non-hydrogen) atoms. The molecule has 3 heterocycles. The molecule has 1 aliphatic rings. The van der Waals surface area contributed by atoms with E-state index in [-0.39, 0.29) is 12.1 Å². The number of fused-ring (bicyclic) bond motifs is 1. The molecule has 0 radical (unpaired) electrons. The van der Waals surface area contributed by atoms with E-state index in [4.69, 9.17) is 4.42 Å². The van der Waals surface area contributed by atoms with Gasteiger partial charge in [0.2, 0.25) is 5.89 Å². The third-order valence-corrected chi connectivity index (χ3v) is 8.53. The quantitative estimate of drug-likeness (QED) is 0.153. The topological polar surface area (TPSA) is 117 Å². The summed E-state index contributed by atoms with van der Waals surface area (Å²) in [6, 6.07) is 24.9. The van der Waals surface area contributed by atoms with E-state index in [9.17, 15) is 5.26 Å². The number of halogens is 1. The number of pyridine rings is 1. The molecule has 1 aliphatic carbocycles. The van der Waals surface area contributed by atoms with E-state index in [0.717, 1.165) is 68.4 Å². The fraction of sp³-hybridized carbons (Fsp3) is 0.206. The number of benzene rings is 3. The number of hydrogen-bond donors (Lipinski definition) is 2. The van der Waals surface area contributed by atoms with Crippen LogP contribution in [0.5, 0.6) is 0 Å². The van der Waals surface area contributed by atoms with Crippen LogP contribution >= 0.6 is 15.9 Å². The summed E-state index contributed by atoms with van der Waals surface area (Å²) in [5.41, 5.74) is 6.65. The molecule has 9 nitrogen and oxygen atoms in total. The highest BCUT2D eigenvalue weighted by atomic mass is 79.9. The maximum Gasteiger partial charge on any atom is 0.225 e. The van der Waals surface area contributed by atoms with Crippen LogP contribution in [0.3, 0.4) is 0 Å². The molecule has 0 amide bonds. The highest BCUT2D eigenvalue weighted by Crippen LogP contribution is 2.39. The first kappa shape index (κ1) is 27.8. The minimum absolute atomic E-state index is 0.0208. The summed E-state index contributed by atoms with van der Waals surface area (Å²) in [4.78, 5) is 8.98. The molecule has 2 unspecified atom stereocenters. The zero-order chi connectivity index (χ0) is 30.0. The molecule has 3 aromatic heterocycles. The molecule has 10 heteroatoms. The number of anilines is 2. The normalized spacial score (nSPS) is 14.2. The van der Waals surface area contributed by atoms with Gasteiger partial charge in [-0.1, -0.05) is 54.6 Å². The molecule has 0 aliphatic heterocycles. The van der Waals surface area contributed by atoms with Crippen LogP contribution in [0.15, 0.2) is 100 Å². The molecule has 3 aromatic carbocycles. The van der Waals surface area contributed by atoms with Crippen LogP contribution in [-0.4, -0.2) is 25.0 Å². The minimum atomic E-state index is -0.321. The Labute approximate surface area is 263 Å². The Morgan fingerprint density at radius 2 is 1.89 bits per heavy atom. The number of hydrogen-bond acceptors (Lipinski definition) is 8. The van der Waals surface area contributed by atoms with Crippen LogP contribution < -0.4 is 10.6 Å². The van der Waals surface area contributed by atoms with Crippen molar-refractivity contribution in [2.45, 2.75) is 44.3 Å². The third kappa shape index (κ3) is 5.54. The summed E-state index contributed by atoms with van der Waals surface area (Å²) in [5, 5.41) is 27.3. The second-order valence-electron chi connectivity index (χ2n) is 10.9. The van der Waals surface area contributed by atoms with Gasteiger partial charge in [-0.05, 0) is 70.6 Å². The summed E-state index contributed by atoms with van der Waals surface area (Å²) in [6.45, 7) is 2.13. The number of nitrogens with one attached hydrogen (secondary N) is 2. The van der Waals surface area contributed by atoms with Crippen molar-refractivity contribution in [3.05, 3.63) is 118 Å². The van der Waals surface area contributed by atoms with Crippen molar-refractivity contribution < 1.29 is 4.42 Å². The van der Waals surface area contributed by atoms with Gasteiger partial charge in [0.1, 0.15) is 18.0 Å². The van der Waals surface area contributed by atoms with Crippen LogP contribution in [0.25, 0.3) is 22.4 Å². The zero-order valence-corrected chi connectivity index (χ0v) is 25.6. The standard InChI is InChI=1S/C34H29BrN8O/c1-2-29(21-7-4-3-5-8-21)40-31-24(18-36)19-38-33-27(31)16-25(17-28(33)35)39-32(30-20-43(42-41-30)26-11-12-26)22-9-6-10-23(15-22)34-37-13-14-44-34/h3-10,13-17,19-20,26,29,32,39H,2,11-12H2,1H3,(H,38,40). The van der Waals surface area contributed by atoms with Gasteiger partial charge < -0.3 is 15.1 Å². The fourth-order valence-corrected chi connectivity index (χ4v) is 6.08. The number of nitrogens with zero attached hydrogens (tertiary/aromatic N) is 6. The molecular weight excluding hydrogens is 616 g/mol. The van der Waals surface area contributed by atoms with Crippen molar-refractivity contribution in [1.82, 2.24) is 25.0 Å². The second kappa shape index (κ2) is 11.9. The maximum absolute atomic E-state index is 10.1. The molecule has 0 bridgehead atoms. The summed E-state index contributed by atoms with van der Waals surface area (Å²) < 4.78 is 8.35.